The maximum atomic E-state index is 8.70. The molecule has 3 nitrogen and oxygen atoms in total. The molecule has 5 heavy (non-hydrogen) atoms. The van der Waals surface area contributed by atoms with Crippen LogP contribution < -0.4 is 0 Å². The van der Waals surface area contributed by atoms with Gasteiger partial charge in [-0.25, -0.2) is 0 Å². The van der Waals surface area contributed by atoms with Gasteiger partial charge in [-0.05, 0) is 0 Å². The Bertz CT molecular complexity index is 29.9. The summed E-state index contributed by atoms with van der Waals surface area (Å²) in [6.07, 6.45) is 0. The maximum absolute atomic E-state index is 8.70. The Kier molecular flexibility index (Phi) is 8.42. The zero-order valence-electron chi connectivity index (χ0n) is 2.20. The molecule has 0 amide bonds. The first-order valence-electron chi connectivity index (χ1n) is 0.583. The topological polar surface area (TPSA) is 57.5 Å². The predicted octanol–water partition coefficient (Wildman–Crippen LogP) is -0.374. The summed E-state index contributed by atoms with van der Waals surface area (Å²) < 4.78 is 8.70. The fourth-order valence-electron chi connectivity index (χ4n) is 0. The standard InChI is InChI=1S/HO3P.V/c1-4(2)3;/h(H-,1,2,3);/p+1. The van der Waals surface area contributed by atoms with Crippen molar-refractivity contribution in [2.75, 3.05) is 0 Å². The minimum atomic E-state index is -2.87. The van der Waals surface area contributed by atoms with E-state index in [4.69, 9.17) is 14.4 Å². The van der Waals surface area contributed by atoms with Gasteiger partial charge in [0.05, 0.1) is 0 Å². The van der Waals surface area contributed by atoms with Crippen LogP contribution in [0.15, 0.2) is 0 Å². The van der Waals surface area contributed by atoms with E-state index in [1.165, 1.54) is 0 Å². The van der Waals surface area contributed by atoms with Gasteiger partial charge in [0.25, 0.3) is 0 Å². The Morgan fingerprint density at radius 3 is 1.40 bits per heavy atom. The Morgan fingerprint density at radius 2 is 1.40 bits per heavy atom. The van der Waals surface area contributed by atoms with Crippen LogP contribution in [0.2, 0.25) is 0 Å². The summed E-state index contributed by atoms with van der Waals surface area (Å²) in [5, 5.41) is 0. The second kappa shape index (κ2) is 4.60. The van der Waals surface area contributed by atoms with Crippen LogP contribution >= 0.6 is 8.25 Å². The third-order valence-electron chi connectivity index (χ3n) is 0. The molecule has 0 aromatic heterocycles. The third-order valence-corrected chi connectivity index (χ3v) is 0. The molecule has 0 saturated heterocycles. The molecule has 0 atom stereocenters. The first-order valence-corrected chi connectivity index (χ1v) is 1.75. The Hall–Kier alpha value is 0.604. The number of rotatable bonds is 0. The van der Waals surface area contributed by atoms with Crippen molar-refractivity contribution in [1.82, 2.24) is 0 Å². The van der Waals surface area contributed by atoms with Gasteiger partial charge in [0.1, 0.15) is 0 Å². The van der Waals surface area contributed by atoms with E-state index in [-0.39, 0.29) is 18.6 Å². The van der Waals surface area contributed by atoms with Crippen LogP contribution in [0.4, 0.5) is 0 Å². The van der Waals surface area contributed by atoms with Crippen molar-refractivity contribution in [3.8, 4) is 0 Å². The van der Waals surface area contributed by atoms with Crippen molar-refractivity contribution < 1.29 is 32.9 Å². The second-order valence-electron chi connectivity index (χ2n) is 0.253. The molecule has 0 bridgehead atoms. The van der Waals surface area contributed by atoms with E-state index in [1.54, 1.807) is 0 Å². The van der Waals surface area contributed by atoms with Gasteiger partial charge in [0.15, 0.2) is 0 Å². The summed E-state index contributed by atoms with van der Waals surface area (Å²) in [5.74, 6) is 0. The fraction of sp³-hybridized carbons (Fsp3) is 0. The van der Waals surface area contributed by atoms with Crippen LogP contribution in [0.3, 0.4) is 0 Å². The van der Waals surface area contributed by atoms with Gasteiger partial charge < -0.3 is 0 Å². The second-order valence-corrected chi connectivity index (χ2v) is 0.758. The van der Waals surface area contributed by atoms with Gasteiger partial charge in [-0.15, -0.1) is 9.79 Å². The summed E-state index contributed by atoms with van der Waals surface area (Å²) in [6, 6.07) is 0. The van der Waals surface area contributed by atoms with Crippen LogP contribution in [-0.4, -0.2) is 9.79 Å². The average Bonchev–Trinajstić information content (AvgIpc) is 0.811. The summed E-state index contributed by atoms with van der Waals surface area (Å²) in [7, 11) is -2.87. The fourth-order valence-corrected chi connectivity index (χ4v) is 0. The van der Waals surface area contributed by atoms with E-state index < -0.39 is 8.25 Å². The van der Waals surface area contributed by atoms with Crippen molar-refractivity contribution in [2.45, 2.75) is 0 Å². The molecule has 0 aromatic carbocycles. The smallest absolute Gasteiger partial charge is 0.134 e. The molecule has 0 fully saturated rings. The molecule has 0 aliphatic heterocycles. The largest absolute Gasteiger partial charge is 0.692 e. The molecular weight excluding hydrogens is 130 g/mol. The molecular formula is H2O3PV+. The van der Waals surface area contributed by atoms with Crippen LogP contribution in [-0.2, 0) is 23.1 Å². The first kappa shape index (κ1) is 9.15. The van der Waals surface area contributed by atoms with E-state index in [1.807, 2.05) is 0 Å². The van der Waals surface area contributed by atoms with Gasteiger partial charge in [-0.1, -0.05) is 0 Å². The zero-order valence-corrected chi connectivity index (χ0v) is 4.49. The van der Waals surface area contributed by atoms with E-state index in [0.29, 0.717) is 0 Å². The molecule has 0 aromatic rings. The summed E-state index contributed by atoms with van der Waals surface area (Å²) >= 11 is 0. The molecule has 0 rings (SSSR count). The quantitative estimate of drug-likeness (QED) is 0.442. The van der Waals surface area contributed by atoms with Crippen molar-refractivity contribution in [2.24, 2.45) is 0 Å². The summed E-state index contributed by atoms with van der Waals surface area (Å²) in [6.45, 7) is 0. The summed E-state index contributed by atoms with van der Waals surface area (Å²) in [5.41, 5.74) is 0. The van der Waals surface area contributed by atoms with Crippen molar-refractivity contribution >= 4 is 8.25 Å². The van der Waals surface area contributed by atoms with Crippen molar-refractivity contribution in [3.05, 3.63) is 0 Å². The SMILES string of the molecule is O=[P+](O)O.[V]. The first-order chi connectivity index (χ1) is 1.73. The number of hydrogen-bond acceptors (Lipinski definition) is 1. The molecule has 1 radical (unpaired) electrons. The molecule has 0 saturated carbocycles. The van der Waals surface area contributed by atoms with Gasteiger partial charge in [0.2, 0.25) is 0 Å². The van der Waals surface area contributed by atoms with Gasteiger partial charge in [-0.2, -0.15) is 0 Å². The number of hydrogen-bond donors (Lipinski definition) is 2. The van der Waals surface area contributed by atoms with E-state index in [0.717, 1.165) is 0 Å². The van der Waals surface area contributed by atoms with Crippen LogP contribution in [0, 0.1) is 0 Å². The minimum Gasteiger partial charge on any atom is -0.134 e. The zero-order chi connectivity index (χ0) is 3.58. The van der Waals surface area contributed by atoms with E-state index in [2.05, 4.69) is 0 Å². The van der Waals surface area contributed by atoms with Crippen LogP contribution in [0.5, 0.6) is 0 Å². The Morgan fingerprint density at radius 1 is 1.40 bits per heavy atom. The molecule has 0 aliphatic carbocycles. The van der Waals surface area contributed by atoms with Crippen molar-refractivity contribution in [1.29, 1.82) is 0 Å². The maximum Gasteiger partial charge on any atom is 0.692 e. The van der Waals surface area contributed by atoms with Crippen LogP contribution in [0.1, 0.15) is 0 Å². The van der Waals surface area contributed by atoms with E-state index >= 15 is 0 Å². The predicted molar refractivity (Wildman–Crippen MR) is 12.0 cm³/mol. The monoisotopic (exact) mass is 132 g/mol. The molecule has 29 valence electrons. The molecule has 0 aliphatic rings. The van der Waals surface area contributed by atoms with Crippen molar-refractivity contribution in [3.63, 3.8) is 0 Å². The molecule has 0 unspecified atom stereocenters. The minimum absolute atomic E-state index is 0. The molecule has 5 heteroatoms. The van der Waals surface area contributed by atoms with E-state index in [9.17, 15) is 0 Å². The van der Waals surface area contributed by atoms with Gasteiger partial charge in [0, 0.05) is 23.1 Å². The molecule has 0 spiro atoms. The average molecular weight is 132 g/mol. The third kappa shape index (κ3) is 85.5. The normalized spacial score (nSPS) is 5.20. The molecule has 0 heterocycles. The summed E-state index contributed by atoms with van der Waals surface area (Å²) in [4.78, 5) is 14.2. The van der Waals surface area contributed by atoms with Gasteiger partial charge in [-0.3, -0.25) is 0 Å². The van der Waals surface area contributed by atoms with Crippen LogP contribution in [0.25, 0.3) is 0 Å². The Balaban J connectivity index is 0. The van der Waals surface area contributed by atoms with Gasteiger partial charge >= 0.3 is 8.25 Å². The molecule has 2 N–H and O–H groups in total. The Labute approximate surface area is 41.8 Å².